The molecule has 19 heteroatoms. The summed E-state index contributed by atoms with van der Waals surface area (Å²) in [6.45, 7) is 18.7. The number of allylic oxidation sites excluding steroid dienone is 3. The minimum Gasteiger partial charge on any atom is -0.495 e. The molecule has 2 fully saturated rings. The second kappa shape index (κ2) is 25.6. The summed E-state index contributed by atoms with van der Waals surface area (Å²) in [6.07, 6.45) is 6.08. The highest BCUT2D eigenvalue weighted by Crippen LogP contribution is 2.49. The first kappa shape index (κ1) is 58.5. The predicted octanol–water partition coefficient (Wildman–Crippen LogP) is 8.61. The summed E-state index contributed by atoms with van der Waals surface area (Å²) in [5.41, 5.74) is -0.982. The van der Waals surface area contributed by atoms with Crippen LogP contribution < -0.4 is 20.3 Å². The highest BCUT2D eigenvalue weighted by molar-refractivity contribution is 8.77. The molecule has 4 rings (SSSR count). The quantitative estimate of drug-likeness (QED) is 0.0371. The van der Waals surface area contributed by atoms with Crippen LogP contribution in [0.3, 0.4) is 0 Å². The summed E-state index contributed by atoms with van der Waals surface area (Å²) < 4.78 is 29.3. The lowest BCUT2D eigenvalue weighted by molar-refractivity contribution is -0.162. The van der Waals surface area contributed by atoms with E-state index in [1.807, 2.05) is 13.0 Å². The summed E-state index contributed by atoms with van der Waals surface area (Å²) in [5, 5.41) is 18.0. The Kier molecular flexibility index (Phi) is 21.7. The maximum absolute atomic E-state index is 14.4. The smallest absolute Gasteiger partial charge is 0.409 e. The molecule has 1 aromatic carbocycles. The van der Waals surface area contributed by atoms with Crippen LogP contribution in [0, 0.1) is 5.92 Å². The molecule has 9 atom stereocenters. The first-order valence-electron chi connectivity index (χ1n) is 24.0. The van der Waals surface area contributed by atoms with Gasteiger partial charge in [0.25, 0.3) is 0 Å². The van der Waals surface area contributed by atoms with Gasteiger partial charge in [-0.3, -0.25) is 19.7 Å². The van der Waals surface area contributed by atoms with Crippen molar-refractivity contribution < 1.29 is 52.8 Å². The van der Waals surface area contributed by atoms with Crippen molar-refractivity contribution >= 4 is 77.2 Å². The lowest BCUT2D eigenvalue weighted by atomic mass is 9.83. The third kappa shape index (κ3) is 16.0. The lowest BCUT2D eigenvalue weighted by Crippen LogP contribution is -2.63. The van der Waals surface area contributed by atoms with Gasteiger partial charge in [0.2, 0.25) is 17.7 Å². The van der Waals surface area contributed by atoms with Crippen molar-refractivity contribution in [3.05, 3.63) is 46.5 Å². The van der Waals surface area contributed by atoms with Crippen molar-refractivity contribution in [2.24, 2.45) is 5.92 Å². The predicted molar refractivity (Wildman–Crippen MR) is 279 cm³/mol. The summed E-state index contributed by atoms with van der Waals surface area (Å²) in [6, 6.07) is 2.57. The minimum atomic E-state index is -1.85. The van der Waals surface area contributed by atoms with Gasteiger partial charge >= 0.3 is 12.1 Å². The number of fused-ring (bicyclic) bond motifs is 5. The third-order valence-corrected chi connectivity index (χ3v) is 19.8. The minimum absolute atomic E-state index is 0.0627. The Bertz CT molecular complexity index is 2040. The second-order valence-electron chi connectivity index (χ2n) is 19.7. The number of nitrogens with zero attached hydrogens (tertiary/aromatic N) is 2. The number of halogens is 1. The van der Waals surface area contributed by atoms with Gasteiger partial charge in [-0.25, -0.2) is 9.59 Å². The van der Waals surface area contributed by atoms with Crippen molar-refractivity contribution in [1.29, 1.82) is 0 Å². The number of rotatable bonds is 20. The number of likely N-dealkylation sites (N-methyl/N-ethyl adjacent to an activating group) is 1. The van der Waals surface area contributed by atoms with E-state index >= 15 is 0 Å². The Hall–Kier alpha value is -3.05. The molecule has 15 nitrogen and oxygen atoms in total. The number of aliphatic hydroxyl groups is 1. The fraction of sp³-hybridized carbons (Fsp3) is 0.700. The van der Waals surface area contributed by atoms with Gasteiger partial charge in [-0.1, -0.05) is 84.7 Å². The van der Waals surface area contributed by atoms with Crippen LogP contribution >= 0.6 is 41.8 Å². The molecule has 0 aromatic heterocycles. The van der Waals surface area contributed by atoms with E-state index < -0.39 is 65.7 Å². The average molecular weight is 1040 g/mol. The van der Waals surface area contributed by atoms with E-state index in [2.05, 4.69) is 45.3 Å². The van der Waals surface area contributed by atoms with Crippen LogP contribution in [0.25, 0.3) is 0 Å². The second-order valence-corrected chi connectivity index (χ2v) is 25.3. The maximum Gasteiger partial charge on any atom is 0.409 e. The number of alkyl carbamates (subject to hydrolysis) is 1. The van der Waals surface area contributed by atoms with E-state index in [0.717, 1.165) is 50.9 Å². The SMILES string of the molecule is CCC(C)(CC)PCCNC(=O)CCCSSC(C)(C)CCC(=O)N(C)[C@@H](C)C(=O)O[C@H]1CC(=O)N(C)c2cc(cc(OC)c2Cl)C/C(C)=C/C=C/[C@@H](OC)[C@@]2(O)C[C@H](OC(=O)N2)[C@@H](C)[C@@H]2O[C@@]12C. The monoisotopic (exact) mass is 1040 g/mol. The van der Waals surface area contributed by atoms with E-state index in [1.54, 1.807) is 80.7 Å². The molecule has 3 aliphatic heterocycles. The molecular weight excluding hydrogens is 963 g/mol. The number of anilines is 1. The lowest BCUT2D eigenvalue weighted by Gasteiger charge is -2.42. The number of epoxide rings is 1. The zero-order valence-corrected chi connectivity index (χ0v) is 46.3. The van der Waals surface area contributed by atoms with Gasteiger partial charge in [0.1, 0.15) is 40.7 Å². The molecule has 0 spiro atoms. The molecule has 2 saturated heterocycles. The summed E-state index contributed by atoms with van der Waals surface area (Å²) in [5.74, 6) is -0.723. The van der Waals surface area contributed by atoms with Crippen LogP contribution in [0.15, 0.2) is 35.9 Å². The maximum atomic E-state index is 14.4. The zero-order chi connectivity index (χ0) is 51.5. The normalized spacial score (nSPS) is 27.3. The van der Waals surface area contributed by atoms with Gasteiger partial charge in [0.05, 0.1) is 25.3 Å². The molecule has 0 aliphatic carbocycles. The fourth-order valence-electron chi connectivity index (χ4n) is 8.49. The molecule has 69 heavy (non-hydrogen) atoms. The molecule has 388 valence electrons. The molecule has 4 bridgehead atoms. The highest BCUT2D eigenvalue weighted by atomic mass is 35.5. The number of hydrogen-bond donors (Lipinski definition) is 3. The van der Waals surface area contributed by atoms with E-state index in [4.69, 9.17) is 35.3 Å². The Morgan fingerprint density at radius 2 is 1.86 bits per heavy atom. The number of esters is 1. The van der Waals surface area contributed by atoms with Crippen molar-refractivity contribution in [3.8, 4) is 5.75 Å². The summed E-state index contributed by atoms with van der Waals surface area (Å²) in [4.78, 5) is 70.3. The van der Waals surface area contributed by atoms with Gasteiger partial charge < -0.3 is 43.9 Å². The van der Waals surface area contributed by atoms with Gasteiger partial charge in [0.15, 0.2) is 5.72 Å². The van der Waals surface area contributed by atoms with Crippen molar-refractivity contribution in [1.82, 2.24) is 15.5 Å². The van der Waals surface area contributed by atoms with Crippen LogP contribution in [0.2, 0.25) is 5.02 Å². The van der Waals surface area contributed by atoms with Crippen LogP contribution in [0.4, 0.5) is 10.5 Å². The highest BCUT2D eigenvalue weighted by Gasteiger charge is 2.64. The van der Waals surface area contributed by atoms with E-state index in [0.29, 0.717) is 42.4 Å². The number of ether oxygens (including phenoxy) is 5. The fourth-order valence-corrected chi connectivity index (χ4v) is 12.8. The number of hydrogen-bond acceptors (Lipinski definition) is 13. The molecule has 0 saturated carbocycles. The molecule has 3 N–H and O–H groups in total. The van der Waals surface area contributed by atoms with Gasteiger partial charge in [-0.15, -0.1) is 8.58 Å². The van der Waals surface area contributed by atoms with E-state index in [9.17, 15) is 29.1 Å². The number of carbonyl (C=O) groups excluding carboxylic acids is 5. The molecule has 4 amide bonds. The molecule has 1 aromatic rings. The molecule has 3 heterocycles. The summed E-state index contributed by atoms with van der Waals surface area (Å²) >= 11 is 6.83. The molecule has 1 unspecified atom stereocenters. The number of benzene rings is 1. The number of carbonyl (C=O) groups is 5. The standard InChI is InChI=1S/C50H78ClN4O11PS2/c1-14-48(8,15-2)67-24-23-52-40(56)20-17-25-68-69-47(6,7)22-21-41(57)54(10)33(5)45(59)65-39-29-42(58)55(11)35-27-34(28-36(62-12)43(35)51)26-31(3)18-16-19-38(63-13)50(61)30-37(64-46(60)53-50)32(4)44-49(39,9)66-44/h16,18-19,27-28,32-33,37-39,44,61,67H,14-15,17,20-26,29-30H2,1-13H3,(H,52,56)(H,53,60)/b19-16+,31-18+/t32-,33+,37+,38-,39+,44+,49+,50+/m1/s1. The summed E-state index contributed by atoms with van der Waals surface area (Å²) in [7, 11) is 10.3. The Labute approximate surface area is 425 Å². The van der Waals surface area contributed by atoms with E-state index in [-0.39, 0.29) is 40.8 Å². The Balaban J connectivity index is 1.45. The molecule has 3 aliphatic rings. The first-order valence-corrected chi connectivity index (χ1v) is 27.9. The largest absolute Gasteiger partial charge is 0.495 e. The van der Waals surface area contributed by atoms with Gasteiger partial charge in [-0.2, -0.15) is 0 Å². The van der Waals surface area contributed by atoms with Gasteiger partial charge in [-0.05, 0) is 95.7 Å². The van der Waals surface area contributed by atoms with Crippen LogP contribution in [-0.2, 0) is 44.5 Å². The number of methoxy groups -OCH3 is 2. The number of amides is 4. The third-order valence-electron chi connectivity index (χ3n) is 13.9. The number of nitrogens with one attached hydrogen (secondary N) is 2. The Morgan fingerprint density at radius 3 is 2.51 bits per heavy atom. The topological polar surface area (TPSA) is 186 Å². The molecular formula is C50H78ClN4O11PS2. The van der Waals surface area contributed by atoms with Crippen LogP contribution in [-0.4, -0.2) is 138 Å². The van der Waals surface area contributed by atoms with Crippen LogP contribution in [0.5, 0.6) is 5.75 Å². The average Bonchev–Trinajstić information content (AvgIpc) is 4.01. The van der Waals surface area contributed by atoms with Crippen molar-refractivity contribution in [2.45, 2.75) is 172 Å². The first-order chi connectivity index (χ1) is 32.4. The van der Waals surface area contributed by atoms with Crippen molar-refractivity contribution in [2.75, 3.05) is 51.7 Å². The van der Waals surface area contributed by atoms with Crippen molar-refractivity contribution in [3.63, 3.8) is 0 Å². The van der Waals surface area contributed by atoms with Gasteiger partial charge in [0, 0.05) is 63.4 Å². The Morgan fingerprint density at radius 1 is 1.16 bits per heavy atom. The zero-order valence-electron chi connectivity index (χ0n) is 43.0. The molecule has 0 radical (unpaired) electrons. The van der Waals surface area contributed by atoms with Crippen LogP contribution in [0.1, 0.15) is 119 Å². The van der Waals surface area contributed by atoms with E-state index in [1.165, 1.54) is 24.0 Å².